The molecule has 156 valence electrons. The minimum Gasteiger partial charge on any atom is -0.399 e. The Morgan fingerprint density at radius 3 is 2.43 bits per heavy atom. The van der Waals surface area contributed by atoms with Gasteiger partial charge in [0.1, 0.15) is 17.2 Å². The number of primary amides is 1. The Bertz CT molecular complexity index is 1190. The topological polar surface area (TPSA) is 117 Å². The highest BCUT2D eigenvalue weighted by atomic mass is 19.4. The van der Waals surface area contributed by atoms with Crippen molar-refractivity contribution in [3.05, 3.63) is 81.3 Å². The van der Waals surface area contributed by atoms with E-state index in [0.717, 1.165) is 12.1 Å². The molecular formula is C19H15F4N5O2. The Labute approximate surface area is 167 Å². The number of amides is 1. The number of benzene rings is 1. The van der Waals surface area contributed by atoms with Crippen molar-refractivity contribution in [3.63, 3.8) is 0 Å². The quantitative estimate of drug-likeness (QED) is 0.628. The number of pyridine rings is 1. The van der Waals surface area contributed by atoms with E-state index in [1.807, 2.05) is 0 Å². The highest BCUT2D eigenvalue weighted by Crippen LogP contribution is 2.32. The molecule has 0 radical (unpaired) electrons. The molecule has 1 aromatic carbocycles. The van der Waals surface area contributed by atoms with Crippen molar-refractivity contribution in [2.45, 2.75) is 19.0 Å². The zero-order chi connectivity index (χ0) is 22.2. The third-order valence-corrected chi connectivity index (χ3v) is 4.34. The number of anilines is 1. The molecule has 3 aromatic rings. The summed E-state index contributed by atoms with van der Waals surface area (Å²) >= 11 is 0. The Kier molecular flexibility index (Phi) is 5.29. The summed E-state index contributed by atoms with van der Waals surface area (Å²) in [5, 5.41) is 3.85. The summed E-state index contributed by atoms with van der Waals surface area (Å²) in [4.78, 5) is 28.1. The van der Waals surface area contributed by atoms with Crippen LogP contribution >= 0.6 is 0 Å². The Morgan fingerprint density at radius 2 is 1.83 bits per heavy atom. The number of carbonyl (C=O) groups is 1. The van der Waals surface area contributed by atoms with E-state index in [1.165, 1.54) is 31.2 Å². The lowest BCUT2D eigenvalue weighted by Gasteiger charge is -2.17. The first-order valence-electron chi connectivity index (χ1n) is 8.52. The smallest absolute Gasteiger partial charge is 0.399 e. The van der Waals surface area contributed by atoms with Crippen molar-refractivity contribution in [2.75, 3.05) is 5.73 Å². The van der Waals surface area contributed by atoms with Gasteiger partial charge in [0.05, 0.1) is 5.69 Å². The van der Waals surface area contributed by atoms with Crippen LogP contribution in [-0.2, 0) is 6.18 Å². The van der Waals surface area contributed by atoms with Crippen molar-refractivity contribution in [3.8, 4) is 5.69 Å². The number of nitrogens with two attached hydrogens (primary N) is 2. The number of rotatable bonds is 4. The third-order valence-electron chi connectivity index (χ3n) is 4.34. The summed E-state index contributed by atoms with van der Waals surface area (Å²) in [7, 11) is 0. The van der Waals surface area contributed by atoms with Crippen LogP contribution in [0.2, 0.25) is 0 Å². The van der Waals surface area contributed by atoms with Crippen LogP contribution < -0.4 is 17.0 Å². The van der Waals surface area contributed by atoms with E-state index < -0.39 is 40.8 Å². The van der Waals surface area contributed by atoms with Crippen molar-refractivity contribution in [2.24, 2.45) is 5.73 Å². The van der Waals surface area contributed by atoms with Crippen LogP contribution in [-0.4, -0.2) is 20.7 Å². The average molecular weight is 421 g/mol. The summed E-state index contributed by atoms with van der Waals surface area (Å²) in [6.45, 7) is 1.41. The zero-order valence-corrected chi connectivity index (χ0v) is 15.4. The largest absolute Gasteiger partial charge is 0.433 e. The lowest BCUT2D eigenvalue weighted by molar-refractivity contribution is -0.141. The second-order valence-corrected chi connectivity index (χ2v) is 6.44. The molecule has 0 bridgehead atoms. The maximum absolute atomic E-state index is 14.1. The summed E-state index contributed by atoms with van der Waals surface area (Å²) in [6, 6.07) is 8.04. The van der Waals surface area contributed by atoms with E-state index in [2.05, 4.69) is 10.1 Å². The maximum atomic E-state index is 14.1. The fraction of sp³-hybridized carbons (Fsp3) is 0.158. The predicted molar refractivity (Wildman–Crippen MR) is 99.5 cm³/mol. The minimum absolute atomic E-state index is 0.0636. The number of nitrogens with zero attached hydrogens (tertiary/aromatic N) is 3. The first-order valence-corrected chi connectivity index (χ1v) is 8.52. The van der Waals surface area contributed by atoms with Crippen LogP contribution in [0.15, 0.2) is 47.3 Å². The third kappa shape index (κ3) is 4.00. The van der Waals surface area contributed by atoms with E-state index in [4.69, 9.17) is 11.5 Å². The van der Waals surface area contributed by atoms with E-state index in [-0.39, 0.29) is 22.6 Å². The van der Waals surface area contributed by atoms with Crippen LogP contribution in [0.4, 0.5) is 23.2 Å². The van der Waals surface area contributed by atoms with Gasteiger partial charge in [-0.3, -0.25) is 9.59 Å². The molecule has 0 spiro atoms. The zero-order valence-electron chi connectivity index (χ0n) is 15.4. The number of halogens is 4. The molecule has 7 nitrogen and oxygen atoms in total. The first kappa shape index (κ1) is 21.0. The van der Waals surface area contributed by atoms with Gasteiger partial charge < -0.3 is 11.5 Å². The predicted octanol–water partition coefficient (Wildman–Crippen LogP) is 2.62. The van der Waals surface area contributed by atoms with Crippen LogP contribution in [0.1, 0.15) is 40.3 Å². The molecule has 1 atom stereocenters. The van der Waals surface area contributed by atoms with Crippen LogP contribution in [0.25, 0.3) is 5.69 Å². The number of aromatic nitrogens is 3. The van der Waals surface area contributed by atoms with E-state index >= 15 is 0 Å². The van der Waals surface area contributed by atoms with Gasteiger partial charge in [0, 0.05) is 17.7 Å². The van der Waals surface area contributed by atoms with Crippen molar-refractivity contribution >= 4 is 11.6 Å². The molecule has 2 heterocycles. The van der Waals surface area contributed by atoms with Gasteiger partial charge in [-0.15, -0.1) is 0 Å². The number of carbonyl (C=O) groups excluding carboxylic acids is 1. The van der Waals surface area contributed by atoms with Crippen molar-refractivity contribution in [1.29, 1.82) is 0 Å². The Morgan fingerprint density at radius 1 is 1.17 bits per heavy atom. The molecule has 11 heteroatoms. The van der Waals surface area contributed by atoms with Gasteiger partial charge in [-0.05, 0) is 29.8 Å². The van der Waals surface area contributed by atoms with Crippen molar-refractivity contribution < 1.29 is 22.4 Å². The van der Waals surface area contributed by atoms with Gasteiger partial charge >= 0.3 is 6.18 Å². The number of hydrogen-bond donors (Lipinski definition) is 2. The van der Waals surface area contributed by atoms with E-state index in [9.17, 15) is 27.2 Å². The van der Waals surface area contributed by atoms with Gasteiger partial charge in [-0.1, -0.05) is 19.1 Å². The van der Waals surface area contributed by atoms with Crippen LogP contribution in [0.5, 0.6) is 0 Å². The highest BCUT2D eigenvalue weighted by Gasteiger charge is 2.34. The molecule has 3 rings (SSSR count). The summed E-state index contributed by atoms with van der Waals surface area (Å²) in [5.74, 6) is -2.81. The van der Waals surface area contributed by atoms with Crippen LogP contribution in [0, 0.1) is 5.82 Å². The fourth-order valence-electron chi connectivity index (χ4n) is 2.89. The molecular weight excluding hydrogens is 406 g/mol. The lowest BCUT2D eigenvalue weighted by atomic mass is 9.95. The number of nitrogen functional groups attached to an aromatic ring is 1. The van der Waals surface area contributed by atoms with E-state index in [1.54, 1.807) is 0 Å². The average Bonchev–Trinajstić information content (AvgIpc) is 2.66. The molecule has 0 fully saturated rings. The molecule has 2 aromatic heterocycles. The fourth-order valence-corrected chi connectivity index (χ4v) is 2.89. The number of para-hydroxylation sites is 1. The van der Waals surface area contributed by atoms with Crippen molar-refractivity contribution in [1.82, 2.24) is 14.8 Å². The number of hydrogen-bond acceptors (Lipinski definition) is 5. The molecule has 0 aliphatic rings. The Hall–Kier alpha value is -3.76. The second kappa shape index (κ2) is 7.58. The molecule has 0 saturated heterocycles. The van der Waals surface area contributed by atoms with Gasteiger partial charge in [-0.2, -0.15) is 23.0 Å². The molecule has 0 aliphatic carbocycles. The van der Waals surface area contributed by atoms with Gasteiger partial charge in [0.2, 0.25) is 0 Å². The SMILES string of the molecule is C[C@@H](c1cc(N)cc(C(F)(F)F)n1)c1cc(=O)n(-c2ccccc2F)nc1C(N)=O. The van der Waals surface area contributed by atoms with Gasteiger partial charge in [0.15, 0.2) is 5.69 Å². The van der Waals surface area contributed by atoms with Gasteiger partial charge in [-0.25, -0.2) is 9.37 Å². The normalized spacial score (nSPS) is 12.6. The Balaban J connectivity index is 2.19. The molecule has 0 aliphatic heterocycles. The summed E-state index contributed by atoms with van der Waals surface area (Å²) in [5.41, 5.74) is 7.84. The molecule has 0 saturated carbocycles. The lowest BCUT2D eigenvalue weighted by Crippen LogP contribution is -2.29. The maximum Gasteiger partial charge on any atom is 0.433 e. The highest BCUT2D eigenvalue weighted by molar-refractivity contribution is 5.92. The summed E-state index contributed by atoms with van der Waals surface area (Å²) in [6.07, 6.45) is -4.75. The number of alkyl halides is 3. The monoisotopic (exact) mass is 421 g/mol. The van der Waals surface area contributed by atoms with E-state index in [0.29, 0.717) is 10.7 Å². The molecule has 4 N–H and O–H groups in total. The van der Waals surface area contributed by atoms with Crippen LogP contribution in [0.3, 0.4) is 0 Å². The first-order chi connectivity index (χ1) is 14.0. The minimum atomic E-state index is -4.75. The summed E-state index contributed by atoms with van der Waals surface area (Å²) < 4.78 is 53.9. The molecule has 0 unspecified atom stereocenters. The second-order valence-electron chi connectivity index (χ2n) is 6.44. The van der Waals surface area contributed by atoms with Gasteiger partial charge in [0.25, 0.3) is 11.5 Å². The molecule has 1 amide bonds. The molecule has 30 heavy (non-hydrogen) atoms. The standard InChI is InChI=1S/C19H15F4N5O2/c1-9(13-6-10(24)7-15(26-13)19(21,22)23)11-8-16(29)28(27-17(11)18(25)30)14-5-3-2-4-12(14)20/h2-9H,1H3,(H2,24,26)(H2,25,30)/t9-/m1/s1.